The van der Waals surface area contributed by atoms with Gasteiger partial charge in [0.15, 0.2) is 0 Å². The summed E-state index contributed by atoms with van der Waals surface area (Å²) in [7, 11) is 0. The van der Waals surface area contributed by atoms with Crippen molar-refractivity contribution in [1.29, 1.82) is 0 Å². The summed E-state index contributed by atoms with van der Waals surface area (Å²) in [4.78, 5) is 0. The molecule has 100 valence electrons. The molecule has 0 amide bonds. The highest BCUT2D eigenvalue weighted by Gasteiger charge is 2.42. The van der Waals surface area contributed by atoms with Crippen LogP contribution >= 0.6 is 0 Å². The van der Waals surface area contributed by atoms with Crippen LogP contribution in [0.5, 0.6) is 0 Å². The van der Waals surface area contributed by atoms with E-state index in [4.69, 9.17) is 0 Å². The molecule has 1 aromatic rings. The Morgan fingerprint density at radius 3 is 1.89 bits per heavy atom. The molecule has 2 atom stereocenters. The van der Waals surface area contributed by atoms with Crippen molar-refractivity contribution in [3.63, 3.8) is 0 Å². The molecule has 1 aliphatic rings. The molecule has 2 unspecified atom stereocenters. The summed E-state index contributed by atoms with van der Waals surface area (Å²) in [6.07, 6.45) is 2.75. The molecule has 18 heavy (non-hydrogen) atoms. The van der Waals surface area contributed by atoms with E-state index >= 15 is 0 Å². The molecular formula is C17H27N. The first-order chi connectivity index (χ1) is 8.42. The molecule has 0 spiro atoms. The van der Waals surface area contributed by atoms with E-state index in [2.05, 4.69) is 64.2 Å². The maximum atomic E-state index is 3.75. The molecule has 1 aromatic carbocycles. The van der Waals surface area contributed by atoms with Crippen LogP contribution in [0.4, 0.5) is 0 Å². The lowest BCUT2D eigenvalue weighted by atomic mass is 9.97. The number of nitrogens with one attached hydrogen (secondary N) is 1. The smallest absolute Gasteiger partial charge is 0.0294 e. The summed E-state index contributed by atoms with van der Waals surface area (Å²) in [6.45, 7) is 11.5. The maximum Gasteiger partial charge on any atom is 0.0294 e. The average Bonchev–Trinajstić information content (AvgIpc) is 3.08. The first kappa shape index (κ1) is 13.6. The second-order valence-electron chi connectivity index (χ2n) is 6.59. The predicted molar refractivity (Wildman–Crippen MR) is 78.9 cm³/mol. The van der Waals surface area contributed by atoms with Gasteiger partial charge < -0.3 is 5.32 Å². The van der Waals surface area contributed by atoms with E-state index < -0.39 is 0 Å². The molecule has 0 aromatic heterocycles. The van der Waals surface area contributed by atoms with Crippen molar-refractivity contribution in [1.82, 2.24) is 5.32 Å². The fraction of sp³-hybridized carbons (Fsp3) is 0.647. The number of hydrogen-bond donors (Lipinski definition) is 1. The first-order valence-corrected chi connectivity index (χ1v) is 7.28. The number of rotatable bonds is 5. The predicted octanol–water partition coefficient (Wildman–Crippen LogP) is 4.65. The third-order valence-electron chi connectivity index (χ3n) is 4.69. The molecule has 0 bridgehead atoms. The Labute approximate surface area is 112 Å². The van der Waals surface area contributed by atoms with Crippen molar-refractivity contribution in [2.75, 3.05) is 0 Å². The van der Waals surface area contributed by atoms with Gasteiger partial charge in [-0.15, -0.1) is 0 Å². The van der Waals surface area contributed by atoms with Crippen LogP contribution in [0.1, 0.15) is 70.5 Å². The van der Waals surface area contributed by atoms with Gasteiger partial charge in [0.2, 0.25) is 0 Å². The number of benzene rings is 1. The van der Waals surface area contributed by atoms with Crippen molar-refractivity contribution in [3.05, 3.63) is 35.4 Å². The monoisotopic (exact) mass is 245 g/mol. The van der Waals surface area contributed by atoms with Crippen LogP contribution in [0.2, 0.25) is 0 Å². The van der Waals surface area contributed by atoms with Gasteiger partial charge in [0.25, 0.3) is 0 Å². The Morgan fingerprint density at radius 2 is 1.44 bits per heavy atom. The van der Waals surface area contributed by atoms with E-state index in [-0.39, 0.29) is 0 Å². The molecule has 1 nitrogen and oxygen atoms in total. The van der Waals surface area contributed by atoms with Gasteiger partial charge in [-0.3, -0.25) is 0 Å². The lowest BCUT2D eigenvalue weighted by Crippen LogP contribution is -2.35. The lowest BCUT2D eigenvalue weighted by Gasteiger charge is -2.25. The van der Waals surface area contributed by atoms with Gasteiger partial charge in [-0.1, -0.05) is 45.0 Å². The normalized spacial score (nSPS) is 20.8. The van der Waals surface area contributed by atoms with Crippen molar-refractivity contribution in [2.24, 2.45) is 5.41 Å². The molecule has 0 aliphatic heterocycles. The minimum absolute atomic E-state index is 0.443. The molecule has 1 fully saturated rings. The second kappa shape index (κ2) is 5.05. The SMILES string of the molecule is CC(C)c1ccc(C(C)NC(C)C2(C)CC2)cc1. The quantitative estimate of drug-likeness (QED) is 0.796. The van der Waals surface area contributed by atoms with Gasteiger partial charge in [-0.05, 0) is 49.1 Å². The highest BCUT2D eigenvalue weighted by Crippen LogP contribution is 2.48. The zero-order chi connectivity index (χ0) is 13.3. The Morgan fingerprint density at radius 1 is 0.944 bits per heavy atom. The summed E-state index contributed by atoms with van der Waals surface area (Å²) >= 11 is 0. The van der Waals surface area contributed by atoms with Crippen LogP contribution in [0.25, 0.3) is 0 Å². The molecule has 1 heteroatoms. The standard InChI is InChI=1S/C17H27N/c1-12(2)15-6-8-16(9-7-15)13(3)18-14(4)17(5)10-11-17/h6-9,12-14,18H,10-11H2,1-5H3. The van der Waals surface area contributed by atoms with E-state index in [0.717, 1.165) is 0 Å². The van der Waals surface area contributed by atoms with Crippen LogP contribution in [0.3, 0.4) is 0 Å². The van der Waals surface area contributed by atoms with Crippen LogP contribution in [0, 0.1) is 5.41 Å². The minimum atomic E-state index is 0.443. The first-order valence-electron chi connectivity index (χ1n) is 7.28. The van der Waals surface area contributed by atoms with Crippen molar-refractivity contribution in [3.8, 4) is 0 Å². The van der Waals surface area contributed by atoms with Crippen molar-refractivity contribution >= 4 is 0 Å². The molecule has 2 rings (SSSR count). The van der Waals surface area contributed by atoms with Gasteiger partial charge in [-0.2, -0.15) is 0 Å². The van der Waals surface area contributed by atoms with Gasteiger partial charge in [0.05, 0.1) is 0 Å². The maximum absolute atomic E-state index is 3.75. The van der Waals surface area contributed by atoms with E-state index in [9.17, 15) is 0 Å². The molecule has 0 saturated heterocycles. The van der Waals surface area contributed by atoms with Gasteiger partial charge in [-0.25, -0.2) is 0 Å². The third kappa shape index (κ3) is 2.95. The Bertz CT molecular complexity index is 387. The van der Waals surface area contributed by atoms with Gasteiger partial charge in [0.1, 0.15) is 0 Å². The third-order valence-corrected chi connectivity index (χ3v) is 4.69. The summed E-state index contributed by atoms with van der Waals surface area (Å²) in [6, 6.07) is 10.1. The molecule has 0 radical (unpaired) electrons. The zero-order valence-corrected chi connectivity index (χ0v) is 12.5. The van der Waals surface area contributed by atoms with Crippen molar-refractivity contribution in [2.45, 2.75) is 65.5 Å². The highest BCUT2D eigenvalue weighted by atomic mass is 15.0. The van der Waals surface area contributed by atoms with E-state index in [1.54, 1.807) is 0 Å². The van der Waals surface area contributed by atoms with Crippen LogP contribution in [-0.4, -0.2) is 6.04 Å². The topological polar surface area (TPSA) is 12.0 Å². The van der Waals surface area contributed by atoms with Crippen LogP contribution < -0.4 is 5.32 Å². The summed E-state index contributed by atoms with van der Waals surface area (Å²) in [5.41, 5.74) is 3.37. The second-order valence-corrected chi connectivity index (χ2v) is 6.59. The van der Waals surface area contributed by atoms with E-state index in [1.165, 1.54) is 24.0 Å². The molecule has 1 N–H and O–H groups in total. The van der Waals surface area contributed by atoms with Gasteiger partial charge >= 0.3 is 0 Å². The molecule has 0 heterocycles. The van der Waals surface area contributed by atoms with Crippen LogP contribution in [-0.2, 0) is 0 Å². The Kier molecular flexibility index (Phi) is 3.82. The summed E-state index contributed by atoms with van der Waals surface area (Å²) in [5.74, 6) is 0.617. The highest BCUT2D eigenvalue weighted by molar-refractivity contribution is 5.26. The van der Waals surface area contributed by atoms with Gasteiger partial charge in [0, 0.05) is 12.1 Å². The molecule has 1 saturated carbocycles. The van der Waals surface area contributed by atoms with Crippen molar-refractivity contribution < 1.29 is 0 Å². The number of hydrogen-bond acceptors (Lipinski definition) is 1. The summed E-state index contributed by atoms with van der Waals surface area (Å²) in [5, 5.41) is 3.75. The minimum Gasteiger partial charge on any atom is -0.307 e. The summed E-state index contributed by atoms with van der Waals surface area (Å²) < 4.78 is 0. The average molecular weight is 245 g/mol. The Balaban J connectivity index is 1.98. The lowest BCUT2D eigenvalue weighted by molar-refractivity contribution is 0.350. The van der Waals surface area contributed by atoms with E-state index in [0.29, 0.717) is 23.4 Å². The fourth-order valence-electron chi connectivity index (χ4n) is 2.47. The molecule has 1 aliphatic carbocycles. The van der Waals surface area contributed by atoms with E-state index in [1.807, 2.05) is 0 Å². The largest absolute Gasteiger partial charge is 0.307 e. The molecular weight excluding hydrogens is 218 g/mol. The fourth-order valence-corrected chi connectivity index (χ4v) is 2.47. The van der Waals surface area contributed by atoms with Crippen LogP contribution in [0.15, 0.2) is 24.3 Å². The zero-order valence-electron chi connectivity index (χ0n) is 12.5. The Hall–Kier alpha value is -0.820.